The number of aryl methyl sites for hydroxylation is 1. The highest BCUT2D eigenvalue weighted by molar-refractivity contribution is 6.41. The highest BCUT2D eigenvalue weighted by Crippen LogP contribution is 2.31. The van der Waals surface area contributed by atoms with E-state index in [1.54, 1.807) is 13.0 Å². The first-order valence-electron chi connectivity index (χ1n) is 7.53. The van der Waals surface area contributed by atoms with Gasteiger partial charge in [0.1, 0.15) is 5.75 Å². The monoisotopic (exact) mass is 290 g/mol. The molecular formula is C17H22O4. The third-order valence-electron chi connectivity index (χ3n) is 3.97. The Bertz CT molecular complexity index is 542. The zero-order chi connectivity index (χ0) is 15.4. The van der Waals surface area contributed by atoms with Crippen molar-refractivity contribution < 1.29 is 19.1 Å². The van der Waals surface area contributed by atoms with Gasteiger partial charge in [-0.3, -0.25) is 4.79 Å². The molecular weight excluding hydrogens is 268 g/mol. The maximum atomic E-state index is 12.2. The van der Waals surface area contributed by atoms with Crippen molar-refractivity contribution in [1.82, 2.24) is 0 Å². The minimum Gasteiger partial charge on any atom is -0.489 e. The second-order valence-corrected chi connectivity index (χ2v) is 5.46. The quantitative estimate of drug-likeness (QED) is 0.474. The Kier molecular flexibility index (Phi) is 4.99. The molecule has 4 nitrogen and oxygen atoms in total. The van der Waals surface area contributed by atoms with E-state index >= 15 is 0 Å². The summed E-state index contributed by atoms with van der Waals surface area (Å²) in [4.78, 5) is 23.9. The van der Waals surface area contributed by atoms with Gasteiger partial charge in [0, 0.05) is 0 Å². The summed E-state index contributed by atoms with van der Waals surface area (Å²) in [7, 11) is 0. The minimum absolute atomic E-state index is 0.138. The fourth-order valence-electron chi connectivity index (χ4n) is 2.60. The van der Waals surface area contributed by atoms with Crippen LogP contribution in [0.5, 0.6) is 5.75 Å². The number of carbonyl (C=O) groups is 2. The molecule has 0 aliphatic heterocycles. The van der Waals surface area contributed by atoms with Gasteiger partial charge in [0.25, 0.3) is 5.78 Å². The van der Waals surface area contributed by atoms with E-state index in [0.29, 0.717) is 11.3 Å². The summed E-state index contributed by atoms with van der Waals surface area (Å²) in [6.45, 7) is 5.76. The molecule has 0 aromatic heterocycles. The van der Waals surface area contributed by atoms with Gasteiger partial charge < -0.3 is 9.47 Å². The van der Waals surface area contributed by atoms with Crippen molar-refractivity contribution in [3.8, 4) is 5.75 Å². The maximum absolute atomic E-state index is 12.2. The van der Waals surface area contributed by atoms with Crippen LogP contribution in [0.4, 0.5) is 0 Å². The predicted octanol–water partition coefficient (Wildman–Crippen LogP) is 3.37. The number of benzene rings is 1. The molecule has 114 valence electrons. The summed E-state index contributed by atoms with van der Waals surface area (Å²) in [6.07, 6.45) is 4.44. The molecule has 1 aliphatic rings. The van der Waals surface area contributed by atoms with Crippen LogP contribution >= 0.6 is 0 Å². The van der Waals surface area contributed by atoms with Crippen LogP contribution in [-0.4, -0.2) is 24.5 Å². The van der Waals surface area contributed by atoms with E-state index in [0.717, 1.165) is 36.8 Å². The molecule has 0 atom stereocenters. The average Bonchev–Trinajstić information content (AvgIpc) is 2.97. The first-order chi connectivity index (χ1) is 10.0. The van der Waals surface area contributed by atoms with Crippen LogP contribution in [0.15, 0.2) is 12.1 Å². The van der Waals surface area contributed by atoms with Crippen LogP contribution in [0.2, 0.25) is 0 Å². The number of ether oxygens (including phenoxy) is 2. The molecule has 0 bridgehead atoms. The van der Waals surface area contributed by atoms with Gasteiger partial charge in [0.2, 0.25) is 0 Å². The summed E-state index contributed by atoms with van der Waals surface area (Å²) in [5.74, 6) is -0.912. The lowest BCUT2D eigenvalue weighted by atomic mass is 10.0. The molecule has 0 N–H and O–H groups in total. The molecule has 2 rings (SSSR count). The summed E-state index contributed by atoms with van der Waals surface area (Å²) >= 11 is 0. The number of esters is 1. The fraction of sp³-hybridized carbons (Fsp3) is 0.529. The van der Waals surface area contributed by atoms with Crippen molar-refractivity contribution >= 4 is 11.8 Å². The van der Waals surface area contributed by atoms with Crippen molar-refractivity contribution in [2.75, 3.05) is 6.61 Å². The maximum Gasteiger partial charge on any atom is 0.379 e. The molecule has 0 radical (unpaired) electrons. The first kappa shape index (κ1) is 15.5. The van der Waals surface area contributed by atoms with Gasteiger partial charge in [0.05, 0.1) is 18.3 Å². The third-order valence-corrected chi connectivity index (χ3v) is 3.97. The smallest absolute Gasteiger partial charge is 0.379 e. The van der Waals surface area contributed by atoms with Gasteiger partial charge in [-0.25, -0.2) is 4.79 Å². The van der Waals surface area contributed by atoms with Crippen LogP contribution in [-0.2, 0) is 9.53 Å². The molecule has 1 aliphatic carbocycles. The Hall–Kier alpha value is -1.84. The molecule has 0 heterocycles. The highest BCUT2D eigenvalue weighted by Gasteiger charge is 2.26. The zero-order valence-corrected chi connectivity index (χ0v) is 12.9. The molecule has 21 heavy (non-hydrogen) atoms. The largest absolute Gasteiger partial charge is 0.489 e. The van der Waals surface area contributed by atoms with E-state index in [4.69, 9.17) is 9.47 Å². The summed E-state index contributed by atoms with van der Waals surface area (Å²) in [6, 6.07) is 3.50. The van der Waals surface area contributed by atoms with Gasteiger partial charge >= 0.3 is 5.97 Å². The number of hydrogen-bond acceptors (Lipinski definition) is 4. The highest BCUT2D eigenvalue weighted by atomic mass is 16.5. The van der Waals surface area contributed by atoms with Gasteiger partial charge in [-0.1, -0.05) is 6.07 Å². The van der Waals surface area contributed by atoms with Gasteiger partial charge in [-0.05, 0) is 63.6 Å². The standard InChI is InChI=1S/C17H22O4/c1-4-20-17(19)15(18)14-10-9-11(2)12(3)16(14)21-13-7-5-6-8-13/h9-10,13H,4-8H2,1-3H3. The fourth-order valence-corrected chi connectivity index (χ4v) is 2.60. The van der Waals surface area contributed by atoms with Gasteiger partial charge in [-0.2, -0.15) is 0 Å². The van der Waals surface area contributed by atoms with Crippen LogP contribution in [0.25, 0.3) is 0 Å². The van der Waals surface area contributed by atoms with Crippen LogP contribution in [0.3, 0.4) is 0 Å². The SMILES string of the molecule is CCOC(=O)C(=O)c1ccc(C)c(C)c1OC1CCCC1. The lowest BCUT2D eigenvalue weighted by Gasteiger charge is -2.19. The van der Waals surface area contributed by atoms with E-state index < -0.39 is 11.8 Å². The third kappa shape index (κ3) is 3.43. The minimum atomic E-state index is -0.822. The molecule has 0 saturated heterocycles. The Labute approximate surface area is 125 Å². The molecule has 1 saturated carbocycles. The normalized spacial score (nSPS) is 15.0. The van der Waals surface area contributed by atoms with E-state index in [-0.39, 0.29) is 12.7 Å². The Morgan fingerprint density at radius 1 is 1.19 bits per heavy atom. The Balaban J connectivity index is 2.33. The lowest BCUT2D eigenvalue weighted by molar-refractivity contribution is -0.137. The van der Waals surface area contributed by atoms with Crippen molar-refractivity contribution in [3.05, 3.63) is 28.8 Å². The topological polar surface area (TPSA) is 52.6 Å². The number of rotatable bonds is 5. The summed E-state index contributed by atoms with van der Waals surface area (Å²) < 4.78 is 10.8. The number of Topliss-reactive ketones (excluding diaryl/α,β-unsaturated/α-hetero) is 1. The van der Waals surface area contributed by atoms with E-state index in [9.17, 15) is 9.59 Å². The molecule has 0 spiro atoms. The molecule has 1 fully saturated rings. The number of ketones is 1. The zero-order valence-electron chi connectivity index (χ0n) is 12.9. The summed E-state index contributed by atoms with van der Waals surface area (Å²) in [5.41, 5.74) is 2.27. The predicted molar refractivity (Wildman–Crippen MR) is 79.8 cm³/mol. The number of carbonyl (C=O) groups excluding carboxylic acids is 2. The lowest BCUT2D eigenvalue weighted by Crippen LogP contribution is -2.21. The molecule has 4 heteroatoms. The Morgan fingerprint density at radius 2 is 1.86 bits per heavy atom. The first-order valence-corrected chi connectivity index (χ1v) is 7.53. The average molecular weight is 290 g/mol. The second kappa shape index (κ2) is 6.74. The van der Waals surface area contributed by atoms with Crippen molar-refractivity contribution in [2.24, 2.45) is 0 Å². The molecule has 0 amide bonds. The van der Waals surface area contributed by atoms with Crippen LogP contribution in [0.1, 0.15) is 54.1 Å². The number of hydrogen-bond donors (Lipinski definition) is 0. The van der Waals surface area contributed by atoms with E-state index in [1.165, 1.54) is 0 Å². The van der Waals surface area contributed by atoms with Crippen LogP contribution < -0.4 is 4.74 Å². The van der Waals surface area contributed by atoms with Crippen molar-refractivity contribution in [2.45, 2.75) is 52.6 Å². The molecule has 0 unspecified atom stereocenters. The van der Waals surface area contributed by atoms with Crippen molar-refractivity contribution in [3.63, 3.8) is 0 Å². The van der Waals surface area contributed by atoms with Gasteiger partial charge in [-0.15, -0.1) is 0 Å². The van der Waals surface area contributed by atoms with Gasteiger partial charge in [0.15, 0.2) is 0 Å². The van der Waals surface area contributed by atoms with E-state index in [2.05, 4.69) is 0 Å². The summed E-state index contributed by atoms with van der Waals surface area (Å²) in [5, 5.41) is 0. The van der Waals surface area contributed by atoms with Crippen LogP contribution in [0, 0.1) is 13.8 Å². The van der Waals surface area contributed by atoms with Crippen molar-refractivity contribution in [1.29, 1.82) is 0 Å². The second-order valence-electron chi connectivity index (χ2n) is 5.46. The molecule has 1 aromatic rings. The van der Waals surface area contributed by atoms with E-state index in [1.807, 2.05) is 19.9 Å². The molecule has 1 aromatic carbocycles. The Morgan fingerprint density at radius 3 is 2.48 bits per heavy atom.